The van der Waals surface area contributed by atoms with Gasteiger partial charge in [-0.2, -0.15) is 5.26 Å². The molecule has 0 aliphatic carbocycles. The zero-order valence-corrected chi connectivity index (χ0v) is 16.6. The van der Waals surface area contributed by atoms with Crippen molar-refractivity contribution in [3.8, 4) is 6.07 Å². The SMILES string of the molecule is Cc1ccc2ncc(NC3CCN(CC(=O)N4C[C@@H](F)C[C@H]4C#N)CC3)cc2c1. The smallest absolute Gasteiger partial charge is 0.237 e. The van der Waals surface area contributed by atoms with Crippen LogP contribution >= 0.6 is 0 Å². The lowest BCUT2D eigenvalue weighted by atomic mass is 10.0. The lowest BCUT2D eigenvalue weighted by Crippen LogP contribution is -2.46. The van der Waals surface area contributed by atoms with E-state index in [0.717, 1.165) is 42.5 Å². The topological polar surface area (TPSA) is 72.3 Å². The predicted octanol–water partition coefficient (Wildman–Crippen LogP) is 2.88. The van der Waals surface area contributed by atoms with E-state index in [1.165, 1.54) is 10.5 Å². The maximum atomic E-state index is 13.6. The van der Waals surface area contributed by atoms with E-state index in [1.54, 1.807) is 0 Å². The van der Waals surface area contributed by atoms with Gasteiger partial charge in [0.25, 0.3) is 0 Å². The van der Waals surface area contributed by atoms with E-state index >= 15 is 0 Å². The summed E-state index contributed by atoms with van der Waals surface area (Å²) in [6.07, 6.45) is 2.76. The van der Waals surface area contributed by atoms with Crippen molar-refractivity contribution in [2.75, 3.05) is 31.5 Å². The van der Waals surface area contributed by atoms with Crippen LogP contribution in [0.3, 0.4) is 0 Å². The van der Waals surface area contributed by atoms with Crippen LogP contribution in [-0.4, -0.2) is 65.1 Å². The molecule has 0 bridgehead atoms. The second kappa shape index (κ2) is 8.34. The van der Waals surface area contributed by atoms with Gasteiger partial charge in [-0.1, -0.05) is 11.6 Å². The lowest BCUT2D eigenvalue weighted by Gasteiger charge is -2.33. The van der Waals surface area contributed by atoms with Crippen molar-refractivity contribution in [1.82, 2.24) is 14.8 Å². The van der Waals surface area contributed by atoms with Crippen molar-refractivity contribution in [3.05, 3.63) is 36.0 Å². The molecule has 0 unspecified atom stereocenters. The van der Waals surface area contributed by atoms with Crippen LogP contribution in [-0.2, 0) is 4.79 Å². The number of nitrogens with zero attached hydrogens (tertiary/aromatic N) is 4. The number of amides is 1. The van der Waals surface area contributed by atoms with E-state index in [0.29, 0.717) is 6.04 Å². The van der Waals surface area contributed by atoms with Crippen molar-refractivity contribution in [3.63, 3.8) is 0 Å². The Kier molecular flexibility index (Phi) is 5.63. The van der Waals surface area contributed by atoms with Crippen LogP contribution in [0.5, 0.6) is 0 Å². The van der Waals surface area contributed by atoms with E-state index in [2.05, 4.69) is 40.3 Å². The highest BCUT2D eigenvalue weighted by molar-refractivity contribution is 5.82. The zero-order chi connectivity index (χ0) is 20.4. The summed E-state index contributed by atoms with van der Waals surface area (Å²) in [5, 5.41) is 13.8. The second-order valence-electron chi connectivity index (χ2n) is 8.14. The Balaban J connectivity index is 1.29. The number of pyridine rings is 1. The van der Waals surface area contributed by atoms with Gasteiger partial charge in [-0.05, 0) is 38.0 Å². The third-order valence-corrected chi connectivity index (χ3v) is 5.87. The number of alkyl halides is 1. The van der Waals surface area contributed by atoms with Crippen LogP contribution in [0.1, 0.15) is 24.8 Å². The van der Waals surface area contributed by atoms with Crippen LogP contribution in [0.25, 0.3) is 10.9 Å². The number of hydrogen-bond acceptors (Lipinski definition) is 5. The Bertz CT molecular complexity index is 934. The fourth-order valence-electron chi connectivity index (χ4n) is 4.27. The van der Waals surface area contributed by atoms with Gasteiger partial charge in [0.15, 0.2) is 0 Å². The zero-order valence-electron chi connectivity index (χ0n) is 16.6. The van der Waals surface area contributed by atoms with Crippen LogP contribution in [0, 0.1) is 18.3 Å². The Morgan fingerprint density at radius 1 is 1.34 bits per heavy atom. The number of halogens is 1. The van der Waals surface area contributed by atoms with Gasteiger partial charge in [0, 0.05) is 30.9 Å². The quantitative estimate of drug-likeness (QED) is 0.862. The van der Waals surface area contributed by atoms with Crippen molar-refractivity contribution in [2.45, 2.75) is 44.4 Å². The number of nitrogens with one attached hydrogen (secondary N) is 1. The first-order valence-electron chi connectivity index (χ1n) is 10.2. The molecule has 1 aromatic carbocycles. The van der Waals surface area contributed by atoms with Crippen LogP contribution < -0.4 is 5.32 Å². The predicted molar refractivity (Wildman–Crippen MR) is 110 cm³/mol. The van der Waals surface area contributed by atoms with E-state index in [1.807, 2.05) is 18.3 Å². The highest BCUT2D eigenvalue weighted by Gasteiger charge is 2.36. The monoisotopic (exact) mass is 395 g/mol. The van der Waals surface area contributed by atoms with E-state index in [4.69, 9.17) is 5.26 Å². The first-order valence-corrected chi connectivity index (χ1v) is 10.2. The summed E-state index contributed by atoms with van der Waals surface area (Å²) in [7, 11) is 0. The molecular formula is C22H26FN5O. The Hall–Kier alpha value is -2.72. The number of carbonyl (C=O) groups is 1. The van der Waals surface area contributed by atoms with Gasteiger partial charge in [-0.25, -0.2) is 4.39 Å². The maximum absolute atomic E-state index is 13.6. The number of benzene rings is 1. The summed E-state index contributed by atoms with van der Waals surface area (Å²) in [6.45, 7) is 3.98. The van der Waals surface area contributed by atoms with Gasteiger partial charge in [-0.15, -0.1) is 0 Å². The first kappa shape index (κ1) is 19.6. The van der Waals surface area contributed by atoms with Crippen LogP contribution in [0.2, 0.25) is 0 Å². The number of carbonyl (C=O) groups excluding carboxylic acids is 1. The van der Waals surface area contributed by atoms with Gasteiger partial charge in [0.05, 0.1) is 36.6 Å². The number of likely N-dealkylation sites (tertiary alicyclic amines) is 2. The molecule has 2 aliphatic heterocycles. The van der Waals surface area contributed by atoms with E-state index in [-0.39, 0.29) is 25.4 Å². The number of hydrogen-bond donors (Lipinski definition) is 1. The largest absolute Gasteiger partial charge is 0.381 e. The molecular weight excluding hydrogens is 369 g/mol. The molecule has 2 aromatic rings. The van der Waals surface area contributed by atoms with Gasteiger partial charge in [-0.3, -0.25) is 14.7 Å². The normalized spacial score (nSPS) is 23.3. The molecule has 1 N–H and O–H groups in total. The van der Waals surface area contributed by atoms with Crippen LogP contribution in [0.4, 0.5) is 10.1 Å². The summed E-state index contributed by atoms with van der Waals surface area (Å²) in [4.78, 5) is 20.5. The van der Waals surface area contributed by atoms with Crippen molar-refractivity contribution >= 4 is 22.5 Å². The second-order valence-corrected chi connectivity index (χ2v) is 8.14. The maximum Gasteiger partial charge on any atom is 0.237 e. The Labute approximate surface area is 170 Å². The molecule has 29 heavy (non-hydrogen) atoms. The van der Waals surface area contributed by atoms with Crippen molar-refractivity contribution in [2.24, 2.45) is 0 Å². The number of anilines is 1. The summed E-state index contributed by atoms with van der Waals surface area (Å²) in [5.41, 5.74) is 3.22. The first-order chi connectivity index (χ1) is 14.0. The van der Waals surface area contributed by atoms with Gasteiger partial charge in [0.2, 0.25) is 5.91 Å². The molecule has 2 saturated heterocycles. The summed E-state index contributed by atoms with van der Waals surface area (Å²) >= 11 is 0. The summed E-state index contributed by atoms with van der Waals surface area (Å²) in [6, 6.07) is 10.1. The third-order valence-electron chi connectivity index (χ3n) is 5.87. The molecule has 0 saturated carbocycles. The molecule has 1 amide bonds. The Morgan fingerprint density at radius 2 is 2.14 bits per heavy atom. The molecule has 3 heterocycles. The molecule has 152 valence electrons. The van der Waals surface area contributed by atoms with E-state index in [9.17, 15) is 9.18 Å². The van der Waals surface area contributed by atoms with Gasteiger partial charge < -0.3 is 10.2 Å². The molecule has 0 spiro atoms. The minimum absolute atomic E-state index is 0.0452. The number of aryl methyl sites for hydroxylation is 1. The van der Waals surface area contributed by atoms with Crippen LogP contribution in [0.15, 0.2) is 30.5 Å². The number of fused-ring (bicyclic) bond motifs is 1. The third kappa shape index (κ3) is 4.48. The number of rotatable bonds is 4. The summed E-state index contributed by atoms with van der Waals surface area (Å²) < 4.78 is 13.6. The number of aromatic nitrogens is 1. The lowest BCUT2D eigenvalue weighted by molar-refractivity contribution is -0.132. The van der Waals surface area contributed by atoms with Gasteiger partial charge in [0.1, 0.15) is 12.2 Å². The molecule has 6 nitrogen and oxygen atoms in total. The number of piperidine rings is 1. The average Bonchev–Trinajstić information content (AvgIpc) is 3.10. The van der Waals surface area contributed by atoms with Crippen molar-refractivity contribution in [1.29, 1.82) is 5.26 Å². The molecule has 7 heteroatoms. The van der Waals surface area contributed by atoms with Crippen molar-refractivity contribution < 1.29 is 9.18 Å². The molecule has 0 radical (unpaired) electrons. The average molecular weight is 395 g/mol. The highest BCUT2D eigenvalue weighted by atomic mass is 19.1. The Morgan fingerprint density at radius 3 is 2.90 bits per heavy atom. The standard InChI is InChI=1S/C22H26FN5O/c1-15-2-3-21-16(8-15)9-19(12-25-21)26-18-4-6-27(7-5-18)14-22(29)28-13-17(23)10-20(28)11-24/h2-3,8-9,12,17-18,20,26H,4-7,10,13-14H2,1H3/t17-,20-/m0/s1. The molecule has 2 atom stereocenters. The fourth-order valence-corrected chi connectivity index (χ4v) is 4.27. The number of nitriles is 1. The minimum Gasteiger partial charge on any atom is -0.381 e. The fraction of sp³-hybridized carbons (Fsp3) is 0.500. The molecule has 2 fully saturated rings. The van der Waals surface area contributed by atoms with Gasteiger partial charge >= 0.3 is 0 Å². The molecule has 4 rings (SSSR count). The minimum atomic E-state index is -1.09. The highest BCUT2D eigenvalue weighted by Crippen LogP contribution is 2.23. The van der Waals surface area contributed by atoms with E-state index < -0.39 is 12.2 Å². The molecule has 2 aliphatic rings. The molecule has 1 aromatic heterocycles. The summed E-state index contributed by atoms with van der Waals surface area (Å²) in [5.74, 6) is -0.141.